The SMILES string of the molecule is COC(=O)c1cccc(C(=O)C2CC2)c1. The molecule has 0 heterocycles. The summed E-state index contributed by atoms with van der Waals surface area (Å²) in [6.45, 7) is 0. The number of ether oxygens (including phenoxy) is 1. The highest BCUT2D eigenvalue weighted by Gasteiger charge is 2.30. The molecule has 1 aromatic carbocycles. The molecule has 0 saturated heterocycles. The van der Waals surface area contributed by atoms with E-state index in [0.29, 0.717) is 11.1 Å². The quantitative estimate of drug-likeness (QED) is 0.559. The van der Waals surface area contributed by atoms with Gasteiger partial charge < -0.3 is 4.74 Å². The van der Waals surface area contributed by atoms with Gasteiger partial charge in [-0.3, -0.25) is 4.79 Å². The molecule has 0 atom stereocenters. The molecule has 1 fully saturated rings. The molecule has 0 unspecified atom stereocenters. The van der Waals surface area contributed by atoms with Crippen LogP contribution in [0.5, 0.6) is 0 Å². The van der Waals surface area contributed by atoms with Crippen LogP contribution >= 0.6 is 0 Å². The van der Waals surface area contributed by atoms with E-state index in [9.17, 15) is 9.59 Å². The summed E-state index contributed by atoms with van der Waals surface area (Å²) in [5.41, 5.74) is 1.05. The van der Waals surface area contributed by atoms with E-state index in [1.807, 2.05) is 0 Å². The standard InChI is InChI=1S/C12H12O3/c1-15-12(14)10-4-2-3-9(7-10)11(13)8-5-6-8/h2-4,7-8H,5-6H2,1H3. The third-order valence-electron chi connectivity index (χ3n) is 2.52. The summed E-state index contributed by atoms with van der Waals surface area (Å²) >= 11 is 0. The molecule has 1 saturated carbocycles. The minimum Gasteiger partial charge on any atom is -0.465 e. The normalized spacial score (nSPS) is 14.7. The van der Waals surface area contributed by atoms with E-state index in [1.54, 1.807) is 24.3 Å². The maximum absolute atomic E-state index is 11.7. The Hall–Kier alpha value is -1.64. The Morgan fingerprint density at radius 2 is 1.93 bits per heavy atom. The van der Waals surface area contributed by atoms with E-state index in [-0.39, 0.29) is 11.7 Å². The second kappa shape index (κ2) is 3.85. The molecule has 1 aliphatic rings. The molecule has 0 aliphatic heterocycles. The Bertz CT molecular complexity index is 405. The van der Waals surface area contributed by atoms with Crippen LogP contribution in [0, 0.1) is 5.92 Å². The van der Waals surface area contributed by atoms with Crippen molar-refractivity contribution in [1.82, 2.24) is 0 Å². The molecule has 78 valence electrons. The summed E-state index contributed by atoms with van der Waals surface area (Å²) in [4.78, 5) is 23.0. The molecular formula is C12H12O3. The van der Waals surface area contributed by atoms with Crippen LogP contribution in [0.25, 0.3) is 0 Å². The van der Waals surface area contributed by atoms with Gasteiger partial charge in [0.25, 0.3) is 0 Å². The largest absolute Gasteiger partial charge is 0.465 e. The Morgan fingerprint density at radius 3 is 2.53 bits per heavy atom. The Labute approximate surface area is 88.1 Å². The highest BCUT2D eigenvalue weighted by Crippen LogP contribution is 2.32. The molecule has 0 bridgehead atoms. The van der Waals surface area contributed by atoms with Crippen molar-refractivity contribution >= 4 is 11.8 Å². The summed E-state index contributed by atoms with van der Waals surface area (Å²) in [6, 6.07) is 6.71. The Balaban J connectivity index is 2.25. The summed E-state index contributed by atoms with van der Waals surface area (Å²) in [5, 5.41) is 0. The molecule has 0 spiro atoms. The monoisotopic (exact) mass is 204 g/mol. The summed E-state index contributed by atoms with van der Waals surface area (Å²) < 4.78 is 4.60. The third-order valence-corrected chi connectivity index (χ3v) is 2.52. The maximum Gasteiger partial charge on any atom is 0.337 e. The predicted molar refractivity (Wildman–Crippen MR) is 54.8 cm³/mol. The number of hydrogen-bond acceptors (Lipinski definition) is 3. The van der Waals surface area contributed by atoms with Gasteiger partial charge in [-0.25, -0.2) is 4.79 Å². The summed E-state index contributed by atoms with van der Waals surface area (Å²) in [7, 11) is 1.33. The van der Waals surface area contributed by atoms with Crippen LogP contribution in [0.2, 0.25) is 0 Å². The first-order valence-corrected chi connectivity index (χ1v) is 4.95. The molecule has 15 heavy (non-hydrogen) atoms. The first kappa shape index (κ1) is 9.90. The smallest absolute Gasteiger partial charge is 0.337 e. The van der Waals surface area contributed by atoms with Gasteiger partial charge in [-0.15, -0.1) is 0 Å². The van der Waals surface area contributed by atoms with Crippen molar-refractivity contribution in [3.63, 3.8) is 0 Å². The molecule has 2 rings (SSSR count). The zero-order valence-corrected chi connectivity index (χ0v) is 8.53. The van der Waals surface area contributed by atoms with Gasteiger partial charge in [-0.1, -0.05) is 12.1 Å². The lowest BCUT2D eigenvalue weighted by atomic mass is 10.0. The fraction of sp³-hybridized carbons (Fsp3) is 0.333. The zero-order chi connectivity index (χ0) is 10.8. The van der Waals surface area contributed by atoms with E-state index >= 15 is 0 Å². The maximum atomic E-state index is 11.7. The molecule has 1 aliphatic carbocycles. The van der Waals surface area contributed by atoms with E-state index in [4.69, 9.17) is 0 Å². The lowest BCUT2D eigenvalue weighted by molar-refractivity contribution is 0.0600. The second-order valence-corrected chi connectivity index (χ2v) is 3.71. The van der Waals surface area contributed by atoms with E-state index in [0.717, 1.165) is 12.8 Å². The van der Waals surface area contributed by atoms with Gasteiger partial charge in [0.05, 0.1) is 12.7 Å². The summed E-state index contributed by atoms with van der Waals surface area (Å²) in [5.74, 6) is -0.0842. The van der Waals surface area contributed by atoms with Crippen molar-refractivity contribution in [2.75, 3.05) is 7.11 Å². The fourth-order valence-electron chi connectivity index (χ4n) is 1.50. The molecule has 0 radical (unpaired) electrons. The highest BCUT2D eigenvalue weighted by atomic mass is 16.5. The van der Waals surface area contributed by atoms with Crippen molar-refractivity contribution < 1.29 is 14.3 Å². The summed E-state index contributed by atoms with van der Waals surface area (Å²) in [6.07, 6.45) is 1.95. The lowest BCUT2D eigenvalue weighted by Gasteiger charge is -2.02. The zero-order valence-electron chi connectivity index (χ0n) is 8.53. The van der Waals surface area contributed by atoms with Crippen LogP contribution in [0.1, 0.15) is 33.6 Å². The van der Waals surface area contributed by atoms with Gasteiger partial charge >= 0.3 is 5.97 Å². The van der Waals surface area contributed by atoms with Crippen molar-refractivity contribution in [3.05, 3.63) is 35.4 Å². The van der Waals surface area contributed by atoms with E-state index in [2.05, 4.69) is 4.74 Å². The van der Waals surface area contributed by atoms with Crippen LogP contribution in [0.4, 0.5) is 0 Å². The number of ketones is 1. The lowest BCUT2D eigenvalue weighted by Crippen LogP contribution is -2.05. The molecule has 0 N–H and O–H groups in total. The number of methoxy groups -OCH3 is 1. The first-order chi connectivity index (χ1) is 7.22. The van der Waals surface area contributed by atoms with Gasteiger partial charge in [0, 0.05) is 11.5 Å². The third kappa shape index (κ3) is 2.06. The minimum atomic E-state index is -0.402. The predicted octanol–water partition coefficient (Wildman–Crippen LogP) is 2.07. The van der Waals surface area contributed by atoms with Crippen molar-refractivity contribution in [1.29, 1.82) is 0 Å². The molecule has 3 heteroatoms. The van der Waals surface area contributed by atoms with Crippen LogP contribution in [-0.4, -0.2) is 18.9 Å². The molecule has 0 amide bonds. The number of esters is 1. The number of Topliss-reactive ketones (excluding diaryl/α,β-unsaturated/α-hetero) is 1. The van der Waals surface area contributed by atoms with Crippen LogP contribution in [-0.2, 0) is 4.74 Å². The highest BCUT2D eigenvalue weighted by molar-refractivity contribution is 6.01. The van der Waals surface area contributed by atoms with Crippen LogP contribution in [0.3, 0.4) is 0 Å². The number of benzene rings is 1. The average molecular weight is 204 g/mol. The number of carbonyl (C=O) groups is 2. The first-order valence-electron chi connectivity index (χ1n) is 4.95. The Kier molecular flexibility index (Phi) is 2.54. The minimum absolute atomic E-state index is 0.140. The number of hydrogen-bond donors (Lipinski definition) is 0. The van der Waals surface area contributed by atoms with E-state index in [1.165, 1.54) is 7.11 Å². The Morgan fingerprint density at radius 1 is 1.27 bits per heavy atom. The fourth-order valence-corrected chi connectivity index (χ4v) is 1.50. The van der Waals surface area contributed by atoms with Crippen molar-refractivity contribution in [2.45, 2.75) is 12.8 Å². The van der Waals surface area contributed by atoms with Crippen LogP contribution < -0.4 is 0 Å². The molecule has 3 nitrogen and oxygen atoms in total. The van der Waals surface area contributed by atoms with Crippen molar-refractivity contribution in [3.8, 4) is 0 Å². The molecule has 0 aromatic heterocycles. The van der Waals surface area contributed by atoms with Gasteiger partial charge in [0.2, 0.25) is 0 Å². The van der Waals surface area contributed by atoms with Gasteiger partial charge in [0.15, 0.2) is 5.78 Å². The van der Waals surface area contributed by atoms with E-state index < -0.39 is 5.97 Å². The molecular weight excluding hydrogens is 192 g/mol. The van der Waals surface area contributed by atoms with Gasteiger partial charge in [-0.05, 0) is 25.0 Å². The topological polar surface area (TPSA) is 43.4 Å². The number of carbonyl (C=O) groups excluding carboxylic acids is 2. The van der Waals surface area contributed by atoms with Crippen LogP contribution in [0.15, 0.2) is 24.3 Å². The average Bonchev–Trinajstić information content (AvgIpc) is 3.11. The van der Waals surface area contributed by atoms with Crippen molar-refractivity contribution in [2.24, 2.45) is 5.92 Å². The second-order valence-electron chi connectivity index (χ2n) is 3.71. The number of rotatable bonds is 3. The molecule has 1 aromatic rings. The van der Waals surface area contributed by atoms with Gasteiger partial charge in [0.1, 0.15) is 0 Å². The van der Waals surface area contributed by atoms with Gasteiger partial charge in [-0.2, -0.15) is 0 Å².